The highest BCUT2D eigenvalue weighted by Crippen LogP contribution is 2.46. The molecule has 2 aromatic heterocycles. The molecule has 0 N–H and O–H groups in total. The molecular weight excluding hydrogens is 621 g/mol. The van der Waals surface area contributed by atoms with E-state index in [1.807, 2.05) is 48.0 Å². The van der Waals surface area contributed by atoms with E-state index < -0.39 is 20.2 Å². The molecule has 254 valence electrons. The minimum atomic E-state index is -2.37. The number of ether oxygens (including phenoxy) is 2. The number of pyridine rings is 1. The molecule has 1 aliphatic rings. The average molecular weight is 669 g/mol. The van der Waals surface area contributed by atoms with Crippen LogP contribution in [0.15, 0.2) is 79.1 Å². The molecule has 2 amide bonds. The molecule has 0 spiro atoms. The largest absolute Gasteiger partial charge is 0.497 e. The maximum absolute atomic E-state index is 14.3. The second-order valence-corrected chi connectivity index (χ2v) is 19.2. The first-order chi connectivity index (χ1) is 22.7. The molecule has 4 aromatic rings. The first-order valence-electron chi connectivity index (χ1n) is 16.3. The molecule has 0 unspecified atom stereocenters. The topological polar surface area (TPSA) is 93.0 Å². The Bertz CT molecular complexity index is 1680. The first-order valence-corrected chi connectivity index (χ1v) is 19.2. The summed E-state index contributed by atoms with van der Waals surface area (Å²) >= 11 is 0. The number of aryl methyl sites for hydroxylation is 1. The number of β-lactam (4-membered cyclic amide) rings is 1. The van der Waals surface area contributed by atoms with Crippen molar-refractivity contribution < 1.29 is 19.1 Å². The van der Waals surface area contributed by atoms with Crippen LogP contribution in [0.25, 0.3) is 0 Å². The van der Waals surface area contributed by atoms with Gasteiger partial charge in [-0.25, -0.2) is 4.98 Å². The number of aromatic nitrogens is 3. The van der Waals surface area contributed by atoms with Crippen LogP contribution in [0.1, 0.15) is 37.5 Å². The summed E-state index contributed by atoms with van der Waals surface area (Å²) in [6.07, 6.45) is 3.91. The molecule has 48 heavy (non-hydrogen) atoms. The molecule has 1 aliphatic heterocycles. The fourth-order valence-electron chi connectivity index (χ4n) is 6.16. The van der Waals surface area contributed by atoms with E-state index in [1.54, 1.807) is 43.2 Å². The third-order valence-corrected chi connectivity index (χ3v) is 15.4. The summed E-state index contributed by atoms with van der Waals surface area (Å²) in [6.45, 7) is 12.1. The van der Waals surface area contributed by atoms with Gasteiger partial charge in [0.25, 0.3) is 5.91 Å². The van der Waals surface area contributed by atoms with Gasteiger partial charge in [-0.15, -0.1) is 0 Å². The van der Waals surface area contributed by atoms with E-state index in [1.165, 1.54) is 0 Å². The lowest BCUT2D eigenvalue weighted by Crippen LogP contribution is -2.76. The predicted octanol–water partition coefficient (Wildman–Crippen LogP) is 6.08. The summed E-state index contributed by atoms with van der Waals surface area (Å²) in [5.74, 6) is 2.56. The Morgan fingerprint density at radius 1 is 0.875 bits per heavy atom. The maximum Gasteiger partial charge on any atom is 0.250 e. The minimum absolute atomic E-state index is 0.0463. The highest BCUT2D eigenvalue weighted by molar-refractivity contribution is 6.80. The maximum atomic E-state index is 14.3. The summed E-state index contributed by atoms with van der Waals surface area (Å²) in [4.78, 5) is 37.0. The number of carbonyl (C=O) groups is 2. The van der Waals surface area contributed by atoms with Gasteiger partial charge in [0, 0.05) is 39.4 Å². The number of amides is 2. The summed E-state index contributed by atoms with van der Waals surface area (Å²) in [6, 6.07) is 21.3. The fraction of sp³-hybridized carbons (Fsp3) is 0.405. The van der Waals surface area contributed by atoms with Gasteiger partial charge in [-0.2, -0.15) is 5.10 Å². The third kappa shape index (κ3) is 6.96. The van der Waals surface area contributed by atoms with Gasteiger partial charge in [0.05, 0.1) is 26.3 Å². The Morgan fingerprint density at radius 3 is 1.92 bits per heavy atom. The minimum Gasteiger partial charge on any atom is -0.497 e. The van der Waals surface area contributed by atoms with E-state index in [0.717, 1.165) is 34.0 Å². The number of hydrogen-bond donors (Lipinski definition) is 0. The molecule has 0 saturated carbocycles. The molecular formula is C37H48N6O4Si. The van der Waals surface area contributed by atoms with Crippen LogP contribution in [0.4, 0.5) is 11.6 Å². The average Bonchev–Trinajstić information content (AvgIpc) is 3.50. The van der Waals surface area contributed by atoms with Crippen LogP contribution in [0, 0.1) is 5.92 Å². The molecule has 3 heterocycles. The lowest BCUT2D eigenvalue weighted by atomic mass is 9.84. The number of nitrogens with zero attached hydrogens (tertiary/aromatic N) is 6. The highest BCUT2D eigenvalue weighted by Gasteiger charge is 2.60. The van der Waals surface area contributed by atoms with Crippen LogP contribution in [0.3, 0.4) is 0 Å². The van der Waals surface area contributed by atoms with Gasteiger partial charge in [0.2, 0.25) is 5.91 Å². The van der Waals surface area contributed by atoms with Gasteiger partial charge in [-0.3, -0.25) is 19.2 Å². The van der Waals surface area contributed by atoms with Gasteiger partial charge in [0.1, 0.15) is 29.2 Å². The van der Waals surface area contributed by atoms with Crippen molar-refractivity contribution in [3.05, 3.63) is 95.8 Å². The zero-order valence-corrected chi connectivity index (χ0v) is 30.6. The highest BCUT2D eigenvalue weighted by atomic mass is 28.3. The second kappa shape index (κ2) is 13.8. The molecule has 0 radical (unpaired) electrons. The predicted molar refractivity (Wildman–Crippen MR) is 192 cm³/mol. The van der Waals surface area contributed by atoms with E-state index in [0.29, 0.717) is 25.3 Å². The lowest BCUT2D eigenvalue weighted by Gasteiger charge is -2.58. The molecule has 10 nitrogen and oxygen atoms in total. The van der Waals surface area contributed by atoms with Crippen molar-refractivity contribution in [2.24, 2.45) is 13.0 Å². The van der Waals surface area contributed by atoms with E-state index in [4.69, 9.17) is 14.5 Å². The van der Waals surface area contributed by atoms with Gasteiger partial charge >= 0.3 is 0 Å². The number of carbonyl (C=O) groups excluding carboxylic acids is 2. The van der Waals surface area contributed by atoms with E-state index in [2.05, 4.69) is 74.2 Å². The zero-order chi connectivity index (χ0) is 34.8. The van der Waals surface area contributed by atoms with Gasteiger partial charge in [0.15, 0.2) is 8.24 Å². The van der Waals surface area contributed by atoms with Crippen molar-refractivity contribution in [3.8, 4) is 11.5 Å². The van der Waals surface area contributed by atoms with Crippen LogP contribution in [-0.4, -0.2) is 66.7 Å². The molecule has 11 heteroatoms. The Balaban J connectivity index is 1.45. The SMILES string of the molecule is COc1ccc(CN(Cc2ccc(OC)cc2)c2cc(C[C@H]3C(=O)N([Si](C)(C)C(C)(C)C)[C@@H]3C(=O)N(C)c3ccnn3C)ccn2)cc1. The molecule has 5 rings (SSSR count). The van der Waals surface area contributed by atoms with Crippen molar-refractivity contribution in [2.45, 2.75) is 64.5 Å². The van der Waals surface area contributed by atoms with Crippen molar-refractivity contribution in [3.63, 3.8) is 0 Å². The summed E-state index contributed by atoms with van der Waals surface area (Å²) < 4.78 is 14.4. The number of rotatable bonds is 12. The van der Waals surface area contributed by atoms with Crippen LogP contribution >= 0.6 is 0 Å². The van der Waals surface area contributed by atoms with Crippen LogP contribution in [-0.2, 0) is 36.1 Å². The lowest BCUT2D eigenvalue weighted by molar-refractivity contribution is -0.154. The van der Waals surface area contributed by atoms with Crippen molar-refractivity contribution in [1.82, 2.24) is 19.3 Å². The van der Waals surface area contributed by atoms with Gasteiger partial charge < -0.3 is 18.9 Å². The van der Waals surface area contributed by atoms with Gasteiger partial charge in [-0.05, 0) is 64.5 Å². The van der Waals surface area contributed by atoms with Crippen molar-refractivity contribution >= 4 is 31.7 Å². The molecule has 1 fully saturated rings. The van der Waals surface area contributed by atoms with Crippen LogP contribution < -0.4 is 19.3 Å². The number of anilines is 2. The van der Waals surface area contributed by atoms with Crippen molar-refractivity contribution in [2.75, 3.05) is 31.1 Å². The molecule has 1 saturated heterocycles. The molecule has 2 aromatic carbocycles. The van der Waals surface area contributed by atoms with Crippen LogP contribution in [0.5, 0.6) is 11.5 Å². The summed E-state index contributed by atoms with van der Waals surface area (Å²) in [5.41, 5.74) is 3.18. The Labute approximate surface area is 285 Å². The van der Waals surface area contributed by atoms with E-state index in [9.17, 15) is 9.59 Å². The Hall–Kier alpha value is -4.64. The number of hydrogen-bond acceptors (Lipinski definition) is 7. The monoisotopic (exact) mass is 668 g/mol. The van der Waals surface area contributed by atoms with E-state index >= 15 is 0 Å². The standard InChI is InChI=1S/C37H48N6O4Si/c1-37(2,3)48(8,9)43-34(36(45)40(4)33-19-21-39-41(33)5)31(35(43)44)22-28-18-20-38-32(23-28)42(24-26-10-14-29(46-6)15-11-26)25-27-12-16-30(47-7)17-13-27/h10-21,23,31,34H,22,24-25H2,1-9H3/t31-,34+/m1/s1. The van der Waals surface area contributed by atoms with E-state index in [-0.39, 0.29) is 16.9 Å². The molecule has 0 bridgehead atoms. The fourth-order valence-corrected chi connectivity index (χ4v) is 8.58. The normalized spacial score (nSPS) is 16.4. The quantitative estimate of drug-likeness (QED) is 0.134. The number of methoxy groups -OCH3 is 2. The Morgan fingerprint density at radius 2 is 1.44 bits per heavy atom. The summed E-state index contributed by atoms with van der Waals surface area (Å²) in [5, 5.41) is 4.14. The number of likely N-dealkylation sites (N-methyl/N-ethyl adjacent to an activating group) is 1. The zero-order valence-electron chi connectivity index (χ0n) is 29.6. The van der Waals surface area contributed by atoms with Crippen molar-refractivity contribution in [1.29, 1.82) is 0 Å². The molecule has 2 atom stereocenters. The van der Waals surface area contributed by atoms with Gasteiger partial charge in [-0.1, -0.05) is 58.1 Å². The summed E-state index contributed by atoms with van der Waals surface area (Å²) in [7, 11) is 4.54. The second-order valence-electron chi connectivity index (χ2n) is 14.1. The number of benzene rings is 2. The third-order valence-electron chi connectivity index (χ3n) is 10.0. The molecule has 0 aliphatic carbocycles. The Kier molecular flexibility index (Phi) is 10.00. The smallest absolute Gasteiger partial charge is 0.250 e. The van der Waals surface area contributed by atoms with Crippen LogP contribution in [0.2, 0.25) is 18.1 Å². The first kappa shape index (κ1) is 34.7.